The molecule has 25 heavy (non-hydrogen) atoms. The van der Waals surface area contributed by atoms with Gasteiger partial charge in [0.15, 0.2) is 6.29 Å². The van der Waals surface area contributed by atoms with Crippen LogP contribution < -0.4 is 0 Å². The zero-order chi connectivity index (χ0) is 16.8. The van der Waals surface area contributed by atoms with Crippen LogP contribution in [-0.4, -0.2) is 6.29 Å². The lowest BCUT2D eigenvalue weighted by molar-refractivity contribution is 0.112. The molecule has 0 unspecified atom stereocenters. The Bertz CT molecular complexity index is 1030. The molecule has 3 aliphatic rings. The van der Waals surface area contributed by atoms with Gasteiger partial charge in [0, 0.05) is 11.5 Å². The number of carbonyl (C=O) groups is 1. The van der Waals surface area contributed by atoms with E-state index in [9.17, 15) is 4.79 Å². The molecule has 118 valence electrons. The summed E-state index contributed by atoms with van der Waals surface area (Å²) in [6.45, 7) is 0. The van der Waals surface area contributed by atoms with Gasteiger partial charge < -0.3 is 0 Å². The van der Waals surface area contributed by atoms with Crippen LogP contribution in [0.15, 0.2) is 84.9 Å². The summed E-state index contributed by atoms with van der Waals surface area (Å²) in [6, 6.07) is 29.5. The predicted molar refractivity (Wildman–Crippen MR) is 101 cm³/mol. The van der Waals surface area contributed by atoms with Crippen LogP contribution >= 0.6 is 0 Å². The molecular formula is C24H16O. The summed E-state index contributed by atoms with van der Waals surface area (Å²) in [5, 5.41) is 0. The van der Waals surface area contributed by atoms with Crippen LogP contribution in [0, 0.1) is 0 Å². The standard InChI is InChI=1S/C24H16O/c25-15-16-14-23(18-9-3-1-2-8-17(16)18)24-21-12-6-4-10-19(21)20-11-5-7-13-22(20)24/h1-15,24H. The molecule has 0 saturated heterocycles. The number of hydrogen-bond acceptors (Lipinski definition) is 1. The molecular weight excluding hydrogens is 304 g/mol. The van der Waals surface area contributed by atoms with E-state index < -0.39 is 0 Å². The van der Waals surface area contributed by atoms with E-state index in [1.807, 2.05) is 24.3 Å². The predicted octanol–water partition coefficient (Wildman–Crippen LogP) is 5.76. The van der Waals surface area contributed by atoms with E-state index in [1.165, 1.54) is 27.8 Å². The first-order valence-electron chi connectivity index (χ1n) is 8.53. The number of fused-ring (bicyclic) bond motifs is 4. The van der Waals surface area contributed by atoms with Crippen LogP contribution in [0.3, 0.4) is 0 Å². The first-order valence-corrected chi connectivity index (χ1v) is 8.53. The molecule has 0 heterocycles. The Kier molecular flexibility index (Phi) is 3.07. The van der Waals surface area contributed by atoms with Crippen molar-refractivity contribution in [2.75, 3.05) is 0 Å². The second-order valence-corrected chi connectivity index (χ2v) is 6.52. The SMILES string of the molecule is O=Cc1cc(C2c3ccccc3-c3ccccc32)c2cccccc1-2. The molecule has 0 bridgehead atoms. The first-order chi connectivity index (χ1) is 12.4. The van der Waals surface area contributed by atoms with Gasteiger partial charge in [0.1, 0.15) is 0 Å². The van der Waals surface area contributed by atoms with Crippen molar-refractivity contribution in [3.05, 3.63) is 107 Å². The molecule has 0 aromatic heterocycles. The van der Waals surface area contributed by atoms with Crippen molar-refractivity contribution in [3.63, 3.8) is 0 Å². The van der Waals surface area contributed by atoms with Crippen molar-refractivity contribution in [3.8, 4) is 22.3 Å². The van der Waals surface area contributed by atoms with Crippen LogP contribution in [0.2, 0.25) is 0 Å². The van der Waals surface area contributed by atoms with Crippen LogP contribution in [0.5, 0.6) is 0 Å². The molecule has 0 aliphatic heterocycles. The zero-order valence-corrected chi connectivity index (χ0v) is 13.6. The van der Waals surface area contributed by atoms with Crippen LogP contribution in [0.25, 0.3) is 22.3 Å². The fourth-order valence-corrected chi connectivity index (χ4v) is 4.20. The van der Waals surface area contributed by atoms with Gasteiger partial charge in [-0.05, 0) is 45.0 Å². The first kappa shape index (κ1) is 14.2. The number of aldehydes is 1. The summed E-state index contributed by atoms with van der Waals surface area (Å²) in [7, 11) is 0. The Hall–Kier alpha value is -3.19. The Labute approximate surface area is 146 Å². The Morgan fingerprint density at radius 3 is 1.64 bits per heavy atom. The number of carbonyl (C=O) groups excluding carboxylic acids is 1. The number of rotatable bonds is 2. The van der Waals surface area contributed by atoms with Crippen LogP contribution in [0.1, 0.15) is 33.0 Å². The average molecular weight is 320 g/mol. The molecule has 3 aliphatic carbocycles. The molecule has 0 radical (unpaired) electrons. The fraction of sp³-hybridized carbons (Fsp3) is 0.0417. The van der Waals surface area contributed by atoms with Crippen molar-refractivity contribution in [2.24, 2.45) is 0 Å². The van der Waals surface area contributed by atoms with Gasteiger partial charge in [0.25, 0.3) is 0 Å². The van der Waals surface area contributed by atoms with Crippen molar-refractivity contribution in [1.29, 1.82) is 0 Å². The van der Waals surface area contributed by atoms with Gasteiger partial charge in [-0.1, -0.05) is 78.9 Å². The van der Waals surface area contributed by atoms with Gasteiger partial charge in [0.2, 0.25) is 0 Å². The van der Waals surface area contributed by atoms with Crippen molar-refractivity contribution < 1.29 is 4.79 Å². The van der Waals surface area contributed by atoms with E-state index in [-0.39, 0.29) is 5.92 Å². The molecule has 2 aromatic rings. The summed E-state index contributed by atoms with van der Waals surface area (Å²) >= 11 is 0. The van der Waals surface area contributed by atoms with Gasteiger partial charge in [-0.2, -0.15) is 0 Å². The normalized spacial score (nSPS) is 12.8. The summed E-state index contributed by atoms with van der Waals surface area (Å²) in [5.41, 5.74) is 9.39. The maximum absolute atomic E-state index is 11.6. The molecule has 2 aromatic carbocycles. The second kappa shape index (κ2) is 5.42. The van der Waals surface area contributed by atoms with Crippen molar-refractivity contribution >= 4 is 6.29 Å². The highest BCUT2D eigenvalue weighted by molar-refractivity contribution is 5.93. The molecule has 0 atom stereocenters. The van der Waals surface area contributed by atoms with Gasteiger partial charge in [0.05, 0.1) is 0 Å². The minimum absolute atomic E-state index is 0.172. The minimum atomic E-state index is 0.172. The number of hydrogen-bond donors (Lipinski definition) is 0. The smallest absolute Gasteiger partial charge is 0.150 e. The Balaban J connectivity index is 1.84. The molecule has 1 nitrogen and oxygen atoms in total. The lowest BCUT2D eigenvalue weighted by Gasteiger charge is -2.14. The lowest BCUT2D eigenvalue weighted by Crippen LogP contribution is -1.98. The minimum Gasteiger partial charge on any atom is -0.298 e. The Morgan fingerprint density at radius 1 is 0.560 bits per heavy atom. The van der Waals surface area contributed by atoms with E-state index in [0.29, 0.717) is 0 Å². The van der Waals surface area contributed by atoms with Gasteiger partial charge in [-0.25, -0.2) is 0 Å². The third-order valence-electron chi connectivity index (χ3n) is 5.24. The topological polar surface area (TPSA) is 17.1 Å². The quantitative estimate of drug-likeness (QED) is 0.378. The monoisotopic (exact) mass is 320 g/mol. The Morgan fingerprint density at radius 2 is 1.04 bits per heavy atom. The average Bonchev–Trinajstić information content (AvgIpc) is 3.05. The molecule has 0 spiro atoms. The zero-order valence-electron chi connectivity index (χ0n) is 13.6. The summed E-state index contributed by atoms with van der Waals surface area (Å²) < 4.78 is 0. The summed E-state index contributed by atoms with van der Waals surface area (Å²) in [6.07, 6.45) is 0.971. The highest BCUT2D eigenvalue weighted by Gasteiger charge is 2.32. The van der Waals surface area contributed by atoms with Gasteiger partial charge >= 0.3 is 0 Å². The number of benzene rings is 2. The maximum Gasteiger partial charge on any atom is 0.150 e. The van der Waals surface area contributed by atoms with E-state index >= 15 is 0 Å². The largest absolute Gasteiger partial charge is 0.298 e. The van der Waals surface area contributed by atoms with Gasteiger partial charge in [-0.15, -0.1) is 0 Å². The molecule has 1 heteroatoms. The third-order valence-corrected chi connectivity index (χ3v) is 5.24. The van der Waals surface area contributed by atoms with E-state index in [2.05, 4.69) is 60.7 Å². The van der Waals surface area contributed by atoms with Crippen molar-refractivity contribution in [1.82, 2.24) is 0 Å². The second-order valence-electron chi connectivity index (χ2n) is 6.52. The van der Waals surface area contributed by atoms with E-state index in [4.69, 9.17) is 0 Å². The molecule has 0 saturated carbocycles. The summed E-state index contributed by atoms with van der Waals surface area (Å²) in [5.74, 6) is 0.172. The lowest BCUT2D eigenvalue weighted by atomic mass is 9.88. The molecule has 5 rings (SSSR count). The van der Waals surface area contributed by atoms with E-state index in [0.717, 1.165) is 23.0 Å². The van der Waals surface area contributed by atoms with Crippen LogP contribution in [-0.2, 0) is 0 Å². The molecule has 0 amide bonds. The molecule has 0 fully saturated rings. The van der Waals surface area contributed by atoms with E-state index in [1.54, 1.807) is 0 Å². The fourth-order valence-electron chi connectivity index (χ4n) is 4.20. The van der Waals surface area contributed by atoms with Gasteiger partial charge in [-0.3, -0.25) is 4.79 Å². The highest BCUT2D eigenvalue weighted by Crippen LogP contribution is 2.51. The highest BCUT2D eigenvalue weighted by atomic mass is 16.1. The third kappa shape index (κ3) is 1.99. The van der Waals surface area contributed by atoms with Crippen molar-refractivity contribution in [2.45, 2.75) is 5.92 Å². The molecule has 0 N–H and O–H groups in total. The van der Waals surface area contributed by atoms with Crippen LogP contribution in [0.4, 0.5) is 0 Å². The summed E-state index contributed by atoms with van der Waals surface area (Å²) in [4.78, 5) is 11.6. The maximum atomic E-state index is 11.6.